The topological polar surface area (TPSA) is 89.9 Å². The summed E-state index contributed by atoms with van der Waals surface area (Å²) in [5.74, 6) is 7.21. The smallest absolute Gasteiger partial charge is 0.189 e. The minimum atomic E-state index is 0.283. The van der Waals surface area contributed by atoms with Gasteiger partial charge in [0.25, 0.3) is 0 Å². The van der Waals surface area contributed by atoms with Crippen LogP contribution in [-0.2, 0) is 6.54 Å². The standard InChI is InChI=1S/C26H25N5OS/c1-17(2)33-21-7-5-4-6-19(12-13-21)23-16-29-26(27)25(30-23)24-14-22(31-32-24)20-10-8-18(9-11-20)15-28-3/h8,10,12-14,16-17,28H,6-7,15H2,1-3H3,(H2,27,29)/b19-12+,21-13+. The van der Waals surface area contributed by atoms with Gasteiger partial charge in [0, 0.05) is 36.3 Å². The molecule has 1 aliphatic carbocycles. The van der Waals surface area contributed by atoms with E-state index in [1.807, 2.05) is 30.9 Å². The highest BCUT2D eigenvalue weighted by Gasteiger charge is 2.16. The Bertz CT molecular complexity index is 1250. The second-order valence-corrected chi connectivity index (χ2v) is 9.52. The normalized spacial score (nSPS) is 16.5. The van der Waals surface area contributed by atoms with Gasteiger partial charge >= 0.3 is 0 Å². The number of nitrogens with zero attached hydrogens (tertiary/aromatic N) is 3. The molecule has 0 saturated carbocycles. The summed E-state index contributed by atoms with van der Waals surface area (Å²) < 4.78 is 5.57. The fourth-order valence-electron chi connectivity index (χ4n) is 3.28. The molecule has 1 aliphatic rings. The number of anilines is 1. The number of rotatable bonds is 7. The van der Waals surface area contributed by atoms with Crippen molar-refractivity contribution in [3.05, 3.63) is 64.8 Å². The van der Waals surface area contributed by atoms with Gasteiger partial charge in [0.2, 0.25) is 0 Å². The van der Waals surface area contributed by atoms with E-state index < -0.39 is 0 Å². The van der Waals surface area contributed by atoms with Gasteiger partial charge in [-0.25, -0.2) is 9.97 Å². The maximum absolute atomic E-state index is 6.14. The summed E-state index contributed by atoms with van der Waals surface area (Å²) in [5, 5.41) is 7.77. The van der Waals surface area contributed by atoms with Crippen molar-refractivity contribution in [1.82, 2.24) is 20.4 Å². The lowest BCUT2D eigenvalue weighted by Gasteiger charge is -2.10. The van der Waals surface area contributed by atoms with Crippen molar-refractivity contribution < 1.29 is 4.52 Å². The Hall–Kier alpha value is -3.52. The van der Waals surface area contributed by atoms with Gasteiger partial charge in [-0.15, -0.1) is 11.8 Å². The maximum Gasteiger partial charge on any atom is 0.189 e. The number of aromatic nitrogens is 3. The Morgan fingerprint density at radius 1 is 1.15 bits per heavy atom. The van der Waals surface area contributed by atoms with Crippen LogP contribution in [0.4, 0.5) is 5.82 Å². The minimum Gasteiger partial charge on any atom is -0.382 e. The van der Waals surface area contributed by atoms with Crippen LogP contribution in [0, 0.1) is 24.0 Å². The Morgan fingerprint density at radius 3 is 2.76 bits per heavy atom. The second-order valence-electron chi connectivity index (χ2n) is 7.82. The molecular formula is C26H25N5OS. The van der Waals surface area contributed by atoms with Gasteiger partial charge in [0.1, 0.15) is 5.69 Å². The summed E-state index contributed by atoms with van der Waals surface area (Å²) in [6.07, 6.45) is 7.25. The molecule has 1 aromatic carbocycles. The number of nitrogens with two attached hydrogens (primary N) is 1. The van der Waals surface area contributed by atoms with E-state index in [-0.39, 0.29) is 5.82 Å². The average Bonchev–Trinajstić information content (AvgIpc) is 3.27. The largest absolute Gasteiger partial charge is 0.382 e. The first-order valence-electron chi connectivity index (χ1n) is 10.7. The molecule has 6 nitrogen and oxygen atoms in total. The highest BCUT2D eigenvalue weighted by atomic mass is 32.2. The first-order valence-corrected chi connectivity index (χ1v) is 11.6. The Morgan fingerprint density at radius 2 is 2.00 bits per heavy atom. The van der Waals surface area contributed by atoms with Crippen molar-refractivity contribution in [2.45, 2.75) is 38.5 Å². The van der Waals surface area contributed by atoms with Crippen LogP contribution in [0.15, 0.2) is 46.0 Å². The monoisotopic (exact) mass is 455 g/mol. The lowest BCUT2D eigenvalue weighted by atomic mass is 10.1. The number of hydrogen-bond donors (Lipinski definition) is 2. The Labute approximate surface area is 198 Å². The third-order valence-electron chi connectivity index (χ3n) is 4.85. The van der Waals surface area contributed by atoms with E-state index in [1.54, 1.807) is 12.3 Å². The van der Waals surface area contributed by atoms with Gasteiger partial charge in [-0.05, 0) is 29.7 Å². The molecule has 0 atom stereocenters. The molecule has 2 heterocycles. The third kappa shape index (κ3) is 5.64. The zero-order valence-electron chi connectivity index (χ0n) is 18.9. The molecule has 0 radical (unpaired) electrons. The summed E-state index contributed by atoms with van der Waals surface area (Å²) in [6.45, 7) is 5.09. The van der Waals surface area contributed by atoms with E-state index in [9.17, 15) is 0 Å². The van der Waals surface area contributed by atoms with Crippen LogP contribution >= 0.6 is 11.8 Å². The second kappa shape index (κ2) is 10.4. The van der Waals surface area contributed by atoms with Gasteiger partial charge in [0.05, 0.1) is 17.5 Å². The number of nitrogen functional groups attached to an aromatic ring is 1. The van der Waals surface area contributed by atoms with E-state index in [0.717, 1.165) is 35.4 Å². The molecule has 0 saturated heterocycles. The number of allylic oxidation sites excluding steroid dienone is 4. The van der Waals surface area contributed by atoms with Crippen molar-refractivity contribution in [1.29, 1.82) is 0 Å². The predicted octanol–water partition coefficient (Wildman–Crippen LogP) is 4.91. The van der Waals surface area contributed by atoms with Crippen LogP contribution in [0.1, 0.15) is 37.9 Å². The van der Waals surface area contributed by atoms with Crippen LogP contribution in [0.5, 0.6) is 0 Å². The van der Waals surface area contributed by atoms with E-state index >= 15 is 0 Å². The summed E-state index contributed by atoms with van der Waals surface area (Å²) in [4.78, 5) is 10.4. The van der Waals surface area contributed by atoms with E-state index in [2.05, 4.69) is 65.4 Å². The summed E-state index contributed by atoms with van der Waals surface area (Å²) in [7, 11) is 1.89. The van der Waals surface area contributed by atoms with Crippen LogP contribution < -0.4 is 11.1 Å². The molecule has 0 bridgehead atoms. The van der Waals surface area contributed by atoms with Gasteiger partial charge in [-0.2, -0.15) is 0 Å². The first kappa shape index (κ1) is 22.7. The fraction of sp³-hybridized carbons (Fsp3) is 0.269. The third-order valence-corrected chi connectivity index (χ3v) is 5.90. The molecule has 0 spiro atoms. The zero-order chi connectivity index (χ0) is 23.2. The molecule has 7 heteroatoms. The number of hydrogen-bond acceptors (Lipinski definition) is 7. The van der Waals surface area contributed by atoms with Crippen LogP contribution in [0.2, 0.25) is 0 Å². The van der Waals surface area contributed by atoms with Crippen LogP contribution in [-0.4, -0.2) is 27.4 Å². The summed E-state index contributed by atoms with van der Waals surface area (Å²) >= 11 is 1.83. The highest BCUT2D eigenvalue weighted by molar-refractivity contribution is 8.03. The molecule has 3 aromatic rings. The zero-order valence-corrected chi connectivity index (χ0v) is 19.7. The molecular weight excluding hydrogens is 430 g/mol. The lowest BCUT2D eigenvalue weighted by Crippen LogP contribution is -2.03. The fourth-order valence-corrected chi connectivity index (χ4v) is 4.19. The van der Waals surface area contributed by atoms with E-state index in [0.29, 0.717) is 28.8 Å². The van der Waals surface area contributed by atoms with E-state index in [1.165, 1.54) is 4.91 Å². The number of nitrogens with one attached hydrogen (secondary N) is 1. The van der Waals surface area contributed by atoms with E-state index in [4.69, 9.17) is 15.2 Å². The van der Waals surface area contributed by atoms with Crippen molar-refractivity contribution in [2.24, 2.45) is 0 Å². The molecule has 4 rings (SSSR count). The Kier molecular flexibility index (Phi) is 7.14. The van der Waals surface area contributed by atoms with Gasteiger partial charge < -0.3 is 15.6 Å². The van der Waals surface area contributed by atoms with Crippen molar-refractivity contribution >= 4 is 23.2 Å². The van der Waals surface area contributed by atoms with Crippen LogP contribution in [0.25, 0.3) is 28.3 Å². The van der Waals surface area contributed by atoms with Crippen molar-refractivity contribution in [2.75, 3.05) is 12.8 Å². The quantitative estimate of drug-likeness (QED) is 0.489. The minimum absolute atomic E-state index is 0.283. The molecule has 33 heavy (non-hydrogen) atoms. The molecule has 0 unspecified atom stereocenters. The number of thioether (sulfide) groups is 1. The average molecular weight is 456 g/mol. The molecule has 0 fully saturated rings. The predicted molar refractivity (Wildman–Crippen MR) is 134 cm³/mol. The molecule has 0 aliphatic heterocycles. The SMILES string of the molecule is CNCc1c#cc(-c2cc(-c3nc(/C4=C/C=C(/SC(C)C)CC#CC4)cnc3N)on2)cc1. The van der Waals surface area contributed by atoms with Gasteiger partial charge in [0.15, 0.2) is 17.3 Å². The van der Waals surface area contributed by atoms with Gasteiger partial charge in [-0.1, -0.05) is 55.1 Å². The lowest BCUT2D eigenvalue weighted by molar-refractivity contribution is 0.433. The molecule has 0 amide bonds. The van der Waals surface area contributed by atoms with Crippen molar-refractivity contribution in [3.63, 3.8) is 0 Å². The molecule has 2 aromatic heterocycles. The summed E-state index contributed by atoms with van der Waals surface area (Å²) in [6, 6.07) is 12.0. The van der Waals surface area contributed by atoms with Crippen molar-refractivity contribution in [3.8, 4) is 34.6 Å². The molecule has 3 N–H and O–H groups in total. The van der Waals surface area contributed by atoms with Crippen LogP contribution in [0.3, 0.4) is 0 Å². The molecule has 166 valence electrons. The highest BCUT2D eigenvalue weighted by Crippen LogP contribution is 2.30. The van der Waals surface area contributed by atoms with Gasteiger partial charge in [-0.3, -0.25) is 0 Å². The maximum atomic E-state index is 6.14. The first-order chi connectivity index (χ1) is 16.0. The summed E-state index contributed by atoms with van der Waals surface area (Å²) in [5.41, 5.74) is 10.7. The Balaban J connectivity index is 1.62.